The van der Waals surface area contributed by atoms with E-state index in [9.17, 15) is 5.11 Å². The molecule has 3 nitrogen and oxygen atoms in total. The number of benzene rings is 2. The summed E-state index contributed by atoms with van der Waals surface area (Å²) in [7, 11) is 0. The van der Waals surface area contributed by atoms with Crippen molar-refractivity contribution in [1.29, 1.82) is 0 Å². The largest absolute Gasteiger partial charge is 0.387 e. The topological polar surface area (TPSA) is 44.3 Å². The average molecular weight is 307 g/mol. The number of nitrogens with one attached hydrogen (secondary N) is 2. The summed E-state index contributed by atoms with van der Waals surface area (Å²) in [5, 5.41) is 17.1. The van der Waals surface area contributed by atoms with Crippen LogP contribution >= 0.6 is 23.8 Å². The van der Waals surface area contributed by atoms with Crippen LogP contribution < -0.4 is 10.6 Å². The highest BCUT2D eigenvalue weighted by Crippen LogP contribution is 2.13. The lowest BCUT2D eigenvalue weighted by molar-refractivity contribution is 0.181. The first-order valence-corrected chi connectivity index (χ1v) is 6.97. The van der Waals surface area contributed by atoms with E-state index in [2.05, 4.69) is 10.6 Å². The summed E-state index contributed by atoms with van der Waals surface area (Å²) in [6.45, 7) is 0.351. The van der Waals surface area contributed by atoms with Gasteiger partial charge < -0.3 is 15.7 Å². The van der Waals surface area contributed by atoms with Crippen LogP contribution in [0.5, 0.6) is 0 Å². The molecule has 0 fully saturated rings. The summed E-state index contributed by atoms with van der Waals surface area (Å²) in [5.41, 5.74) is 1.70. The van der Waals surface area contributed by atoms with Gasteiger partial charge in [-0.15, -0.1) is 0 Å². The Morgan fingerprint density at radius 1 is 1.10 bits per heavy atom. The first kappa shape index (κ1) is 14.8. The minimum Gasteiger partial charge on any atom is -0.387 e. The monoisotopic (exact) mass is 306 g/mol. The summed E-state index contributed by atoms with van der Waals surface area (Å²) >= 11 is 11.0. The number of hydrogen-bond donors (Lipinski definition) is 3. The number of aliphatic hydroxyl groups excluding tert-OH is 1. The van der Waals surface area contributed by atoms with Crippen LogP contribution in [0.25, 0.3) is 0 Å². The third-order valence-electron chi connectivity index (χ3n) is 2.74. The van der Waals surface area contributed by atoms with Gasteiger partial charge >= 0.3 is 0 Å². The van der Waals surface area contributed by atoms with Gasteiger partial charge in [0.05, 0.1) is 6.10 Å². The van der Waals surface area contributed by atoms with Crippen molar-refractivity contribution < 1.29 is 5.11 Å². The minimum atomic E-state index is -0.596. The first-order valence-electron chi connectivity index (χ1n) is 6.18. The molecule has 5 heteroatoms. The van der Waals surface area contributed by atoms with Gasteiger partial charge in [0.25, 0.3) is 0 Å². The predicted molar refractivity (Wildman–Crippen MR) is 87.1 cm³/mol. The Balaban J connectivity index is 1.82. The third kappa shape index (κ3) is 4.49. The Morgan fingerprint density at radius 3 is 2.40 bits per heavy atom. The maximum absolute atomic E-state index is 10.0. The maximum atomic E-state index is 10.0. The number of rotatable bonds is 4. The Morgan fingerprint density at radius 2 is 1.75 bits per heavy atom. The molecule has 0 unspecified atom stereocenters. The highest BCUT2D eigenvalue weighted by atomic mass is 35.5. The van der Waals surface area contributed by atoms with Gasteiger partial charge in [0, 0.05) is 17.3 Å². The summed E-state index contributed by atoms with van der Waals surface area (Å²) in [4.78, 5) is 0. The molecular formula is C15H15ClN2OS. The molecule has 0 amide bonds. The molecule has 0 saturated heterocycles. The Labute approximate surface area is 128 Å². The van der Waals surface area contributed by atoms with Gasteiger partial charge in [0.1, 0.15) is 0 Å². The van der Waals surface area contributed by atoms with Crippen LogP contribution in [0.2, 0.25) is 5.02 Å². The summed E-state index contributed by atoms with van der Waals surface area (Å²) in [6.07, 6.45) is -0.596. The molecule has 0 heterocycles. The van der Waals surface area contributed by atoms with E-state index in [-0.39, 0.29) is 0 Å². The molecule has 0 bridgehead atoms. The molecule has 3 N–H and O–H groups in total. The number of anilines is 1. The number of thiocarbonyl (C=S) groups is 1. The average Bonchev–Trinajstić information content (AvgIpc) is 2.48. The van der Waals surface area contributed by atoms with E-state index in [1.54, 1.807) is 12.1 Å². The van der Waals surface area contributed by atoms with Crippen LogP contribution in [0.3, 0.4) is 0 Å². The van der Waals surface area contributed by atoms with Gasteiger partial charge in [-0.25, -0.2) is 0 Å². The number of aliphatic hydroxyl groups is 1. The minimum absolute atomic E-state index is 0.351. The molecule has 0 aliphatic heterocycles. The summed E-state index contributed by atoms with van der Waals surface area (Å²) in [5.74, 6) is 0. The van der Waals surface area contributed by atoms with Crippen molar-refractivity contribution >= 4 is 34.6 Å². The van der Waals surface area contributed by atoms with E-state index in [4.69, 9.17) is 23.8 Å². The molecule has 0 saturated carbocycles. The lowest BCUT2D eigenvalue weighted by Crippen LogP contribution is -2.32. The van der Waals surface area contributed by atoms with Crippen molar-refractivity contribution in [3.63, 3.8) is 0 Å². The van der Waals surface area contributed by atoms with Crippen molar-refractivity contribution in [1.82, 2.24) is 5.32 Å². The normalized spacial score (nSPS) is 11.7. The van der Waals surface area contributed by atoms with Gasteiger partial charge in [-0.3, -0.25) is 0 Å². The molecule has 0 aromatic heterocycles. The smallest absolute Gasteiger partial charge is 0.170 e. The van der Waals surface area contributed by atoms with E-state index >= 15 is 0 Å². The van der Waals surface area contributed by atoms with Crippen LogP contribution in [-0.4, -0.2) is 16.8 Å². The lowest BCUT2D eigenvalue weighted by Gasteiger charge is -2.14. The summed E-state index contributed by atoms with van der Waals surface area (Å²) in [6, 6.07) is 16.7. The standard InChI is InChI=1S/C15H15ClN2OS/c16-12-6-8-13(9-7-12)18-15(20)17-10-14(19)11-4-2-1-3-5-11/h1-9,14,19H,10H2,(H2,17,18,20)/t14-/m1/s1. The fourth-order valence-corrected chi connectivity index (χ4v) is 2.02. The Bertz CT molecular complexity index is 560. The second-order valence-corrected chi connectivity index (χ2v) is 5.11. The summed E-state index contributed by atoms with van der Waals surface area (Å²) < 4.78 is 0. The molecule has 2 aromatic carbocycles. The van der Waals surface area contributed by atoms with Crippen LogP contribution in [0.4, 0.5) is 5.69 Å². The zero-order valence-electron chi connectivity index (χ0n) is 10.7. The highest BCUT2D eigenvalue weighted by molar-refractivity contribution is 7.80. The van der Waals surface area contributed by atoms with Gasteiger partial charge in [-0.05, 0) is 42.0 Å². The van der Waals surface area contributed by atoms with Crippen molar-refractivity contribution in [2.75, 3.05) is 11.9 Å². The zero-order chi connectivity index (χ0) is 14.4. The molecule has 2 rings (SSSR count). The van der Waals surface area contributed by atoms with E-state index in [1.807, 2.05) is 42.5 Å². The molecule has 2 aromatic rings. The quantitative estimate of drug-likeness (QED) is 0.758. The van der Waals surface area contributed by atoms with E-state index in [0.29, 0.717) is 16.7 Å². The van der Waals surface area contributed by atoms with Gasteiger partial charge in [0.2, 0.25) is 0 Å². The second kappa shape index (κ2) is 7.24. The molecule has 0 spiro atoms. The third-order valence-corrected chi connectivity index (χ3v) is 3.24. The van der Waals surface area contributed by atoms with Crippen LogP contribution in [0, 0.1) is 0 Å². The van der Waals surface area contributed by atoms with Crippen molar-refractivity contribution in [2.24, 2.45) is 0 Å². The van der Waals surface area contributed by atoms with E-state index in [0.717, 1.165) is 11.3 Å². The molecule has 1 atom stereocenters. The fraction of sp³-hybridized carbons (Fsp3) is 0.133. The molecule has 0 aliphatic rings. The van der Waals surface area contributed by atoms with Gasteiger partial charge in [0.15, 0.2) is 5.11 Å². The lowest BCUT2D eigenvalue weighted by atomic mass is 10.1. The first-order chi connectivity index (χ1) is 9.65. The Kier molecular flexibility index (Phi) is 5.35. The molecular weight excluding hydrogens is 292 g/mol. The van der Waals surface area contributed by atoms with Gasteiger partial charge in [-0.2, -0.15) is 0 Å². The van der Waals surface area contributed by atoms with Crippen molar-refractivity contribution in [3.05, 3.63) is 65.2 Å². The van der Waals surface area contributed by atoms with Crippen LogP contribution in [-0.2, 0) is 0 Å². The molecule has 0 radical (unpaired) electrons. The SMILES string of the molecule is O[C@H](CNC(=S)Nc1ccc(Cl)cc1)c1ccccc1. The Hall–Kier alpha value is -1.62. The van der Waals surface area contributed by atoms with E-state index < -0.39 is 6.10 Å². The van der Waals surface area contributed by atoms with Crippen molar-refractivity contribution in [3.8, 4) is 0 Å². The fourth-order valence-electron chi connectivity index (χ4n) is 1.69. The van der Waals surface area contributed by atoms with Crippen LogP contribution in [0.1, 0.15) is 11.7 Å². The second-order valence-electron chi connectivity index (χ2n) is 4.27. The van der Waals surface area contributed by atoms with E-state index in [1.165, 1.54) is 0 Å². The molecule has 20 heavy (non-hydrogen) atoms. The molecule has 0 aliphatic carbocycles. The predicted octanol–water partition coefficient (Wildman–Crippen LogP) is 3.36. The zero-order valence-corrected chi connectivity index (χ0v) is 12.3. The van der Waals surface area contributed by atoms with Crippen molar-refractivity contribution in [2.45, 2.75) is 6.10 Å². The highest BCUT2D eigenvalue weighted by Gasteiger charge is 2.07. The maximum Gasteiger partial charge on any atom is 0.170 e. The number of halogens is 1. The molecule has 104 valence electrons. The number of hydrogen-bond acceptors (Lipinski definition) is 2. The van der Waals surface area contributed by atoms with Gasteiger partial charge in [-0.1, -0.05) is 41.9 Å². The van der Waals surface area contributed by atoms with Crippen LogP contribution in [0.15, 0.2) is 54.6 Å².